The van der Waals surface area contributed by atoms with Crippen LogP contribution in [0.3, 0.4) is 0 Å². The van der Waals surface area contributed by atoms with Crippen LogP contribution in [0.25, 0.3) is 118 Å². The monoisotopic (exact) mass is 795 g/mol. The zero-order valence-corrected chi connectivity index (χ0v) is 33.1. The molecule has 0 spiro atoms. The summed E-state index contributed by atoms with van der Waals surface area (Å²) in [5, 5.41) is 4.34. The molecule has 0 radical (unpaired) electrons. The third-order valence-corrected chi connectivity index (χ3v) is 11.3. The lowest BCUT2D eigenvalue weighted by Gasteiger charge is -2.16. The van der Waals surface area contributed by atoms with Crippen LogP contribution in [0.4, 0.5) is 0 Å². The van der Waals surface area contributed by atoms with Gasteiger partial charge in [0, 0.05) is 49.4 Å². The molecule has 0 unspecified atom stereocenters. The number of furan rings is 1. The molecule has 12 rings (SSSR count). The first kappa shape index (κ1) is 35.3. The maximum absolute atomic E-state index is 6.50. The summed E-state index contributed by atoms with van der Waals surface area (Å²) >= 11 is 0. The largest absolute Gasteiger partial charge is 0.455 e. The van der Waals surface area contributed by atoms with Gasteiger partial charge in [-0.3, -0.25) is 0 Å². The van der Waals surface area contributed by atoms with Crippen molar-refractivity contribution in [3.8, 4) is 74.0 Å². The van der Waals surface area contributed by atoms with Crippen molar-refractivity contribution in [2.75, 3.05) is 0 Å². The normalized spacial score (nSPS) is 11.5. The van der Waals surface area contributed by atoms with Gasteiger partial charge in [-0.25, -0.2) is 29.9 Å². The Morgan fingerprint density at radius 1 is 0.306 bits per heavy atom. The van der Waals surface area contributed by atoms with Crippen molar-refractivity contribution >= 4 is 43.7 Å². The van der Waals surface area contributed by atoms with Gasteiger partial charge in [0.2, 0.25) is 0 Å². The average Bonchev–Trinajstić information content (AvgIpc) is 3.90. The van der Waals surface area contributed by atoms with Gasteiger partial charge in [0.15, 0.2) is 34.9 Å². The van der Waals surface area contributed by atoms with E-state index in [4.69, 9.17) is 34.3 Å². The smallest absolute Gasteiger partial charge is 0.167 e. The molecule has 0 fully saturated rings. The van der Waals surface area contributed by atoms with Crippen molar-refractivity contribution < 1.29 is 4.42 Å². The summed E-state index contributed by atoms with van der Waals surface area (Å²) in [6.07, 6.45) is 0. The van der Waals surface area contributed by atoms with E-state index in [1.807, 2.05) is 121 Å². The Bertz CT molecular complexity index is 3530. The summed E-state index contributed by atoms with van der Waals surface area (Å²) in [5.74, 6) is 3.20. The predicted molar refractivity (Wildman–Crippen MR) is 247 cm³/mol. The lowest BCUT2D eigenvalue weighted by molar-refractivity contribution is 0.669. The minimum absolute atomic E-state index is 0.498. The fourth-order valence-electron chi connectivity index (χ4n) is 8.43. The third kappa shape index (κ3) is 6.00. The molecule has 4 aromatic heterocycles. The molecule has 8 aromatic carbocycles. The number of hydrogen-bond acceptors (Lipinski definition) is 7. The number of nitrogens with zero attached hydrogens (tertiary/aromatic N) is 7. The molecule has 62 heavy (non-hydrogen) atoms. The molecule has 0 N–H and O–H groups in total. The second-order valence-electron chi connectivity index (χ2n) is 15.1. The van der Waals surface area contributed by atoms with Crippen LogP contribution in [0.15, 0.2) is 205 Å². The van der Waals surface area contributed by atoms with Gasteiger partial charge in [-0.1, -0.05) is 158 Å². The van der Waals surface area contributed by atoms with Crippen LogP contribution in [-0.2, 0) is 0 Å². The van der Waals surface area contributed by atoms with Gasteiger partial charge in [-0.15, -0.1) is 0 Å². The molecule has 0 aliphatic carbocycles. The molecule has 0 atom stereocenters. The Kier molecular flexibility index (Phi) is 8.31. The fraction of sp³-hybridized carbons (Fsp3) is 0. The average molecular weight is 796 g/mol. The summed E-state index contributed by atoms with van der Waals surface area (Å²) in [6, 6.07) is 67.6. The Balaban J connectivity index is 1.14. The lowest BCUT2D eigenvalue weighted by Crippen LogP contribution is -2.05. The van der Waals surface area contributed by atoms with Crippen LogP contribution in [0, 0.1) is 0 Å². The highest BCUT2D eigenvalue weighted by Gasteiger charge is 2.23. The number of para-hydroxylation sites is 4. The Morgan fingerprint density at radius 3 is 1.31 bits per heavy atom. The summed E-state index contributed by atoms with van der Waals surface area (Å²) < 4.78 is 8.80. The van der Waals surface area contributed by atoms with Crippen molar-refractivity contribution in [3.05, 3.63) is 200 Å². The van der Waals surface area contributed by atoms with E-state index in [9.17, 15) is 0 Å². The fourth-order valence-corrected chi connectivity index (χ4v) is 8.43. The zero-order valence-electron chi connectivity index (χ0n) is 33.1. The van der Waals surface area contributed by atoms with Crippen LogP contribution in [0.1, 0.15) is 0 Å². The number of hydrogen-bond donors (Lipinski definition) is 0. The molecule has 0 bridgehead atoms. The molecule has 8 heteroatoms. The van der Waals surface area contributed by atoms with Gasteiger partial charge < -0.3 is 8.98 Å². The van der Waals surface area contributed by atoms with Gasteiger partial charge in [-0.2, -0.15) is 0 Å². The first-order chi connectivity index (χ1) is 30.7. The van der Waals surface area contributed by atoms with Crippen LogP contribution in [0.5, 0.6) is 0 Å². The van der Waals surface area contributed by atoms with Crippen molar-refractivity contribution in [2.45, 2.75) is 0 Å². The summed E-state index contributed by atoms with van der Waals surface area (Å²) in [7, 11) is 0. The third-order valence-electron chi connectivity index (χ3n) is 11.3. The van der Waals surface area contributed by atoms with Crippen molar-refractivity contribution in [3.63, 3.8) is 0 Å². The molecular formula is C54H33N7O. The highest BCUT2D eigenvalue weighted by molar-refractivity contribution is 6.10. The van der Waals surface area contributed by atoms with E-state index < -0.39 is 0 Å². The molecule has 0 saturated heterocycles. The van der Waals surface area contributed by atoms with Crippen LogP contribution < -0.4 is 0 Å². The lowest BCUT2D eigenvalue weighted by atomic mass is 10.0. The van der Waals surface area contributed by atoms with Gasteiger partial charge >= 0.3 is 0 Å². The quantitative estimate of drug-likeness (QED) is 0.158. The van der Waals surface area contributed by atoms with Crippen molar-refractivity contribution in [1.82, 2.24) is 34.5 Å². The summed E-state index contributed by atoms with van der Waals surface area (Å²) in [4.78, 5) is 31.0. The van der Waals surface area contributed by atoms with Gasteiger partial charge in [0.05, 0.1) is 22.3 Å². The Labute approximate surface area is 355 Å². The zero-order chi connectivity index (χ0) is 41.0. The number of fused-ring (bicyclic) bond motifs is 6. The Morgan fingerprint density at radius 2 is 0.742 bits per heavy atom. The molecule has 0 aliphatic heterocycles. The molecule has 8 nitrogen and oxygen atoms in total. The van der Waals surface area contributed by atoms with E-state index in [0.29, 0.717) is 34.9 Å². The second kappa shape index (κ2) is 14.6. The first-order valence-electron chi connectivity index (χ1n) is 20.5. The molecule has 0 saturated carbocycles. The molecule has 0 amide bonds. The maximum atomic E-state index is 6.50. The van der Waals surface area contributed by atoms with E-state index >= 15 is 0 Å². The van der Waals surface area contributed by atoms with Crippen molar-refractivity contribution in [2.24, 2.45) is 0 Å². The van der Waals surface area contributed by atoms with Gasteiger partial charge in [0.1, 0.15) is 11.2 Å². The maximum Gasteiger partial charge on any atom is 0.167 e. The van der Waals surface area contributed by atoms with Gasteiger partial charge in [-0.05, 0) is 42.5 Å². The number of aromatic nitrogens is 7. The highest BCUT2D eigenvalue weighted by Crippen LogP contribution is 2.39. The van der Waals surface area contributed by atoms with Crippen LogP contribution >= 0.6 is 0 Å². The molecule has 4 heterocycles. The summed E-state index contributed by atoms with van der Waals surface area (Å²) in [6.45, 7) is 0. The molecular weight excluding hydrogens is 763 g/mol. The predicted octanol–water partition coefficient (Wildman–Crippen LogP) is 13.1. The van der Waals surface area contributed by atoms with E-state index in [2.05, 4.69) is 83.4 Å². The van der Waals surface area contributed by atoms with E-state index in [1.165, 1.54) is 0 Å². The standard InChI is InChI=1S/C54H33N7O/c1-4-17-34(18-5-1)49-55-50(35-19-6-2-7-20-35)59-54(58-49)43-33-37(31-32-46(43)61-44-28-13-10-23-38(44)39-24-11-14-29-45(39)61)52-56-51(36-21-8-3-9-22-36)57-53(60-52)42-27-16-26-41-40-25-12-15-30-47(40)62-48(41)42/h1-33H. The first-order valence-corrected chi connectivity index (χ1v) is 20.5. The van der Waals surface area contributed by atoms with E-state index in [-0.39, 0.29) is 0 Å². The van der Waals surface area contributed by atoms with Crippen LogP contribution in [-0.4, -0.2) is 34.5 Å². The second-order valence-corrected chi connectivity index (χ2v) is 15.1. The SMILES string of the molecule is c1ccc(-c2nc(-c3ccccc3)nc(-c3cc(-c4nc(-c5ccccc5)nc(-c5cccc6c5oc5ccccc56)n4)ccc3-n3c4ccccc4c4ccccc43)n2)cc1. The minimum Gasteiger partial charge on any atom is -0.455 e. The minimum atomic E-state index is 0.498. The highest BCUT2D eigenvalue weighted by atomic mass is 16.3. The van der Waals surface area contributed by atoms with E-state index in [0.717, 1.165) is 82.8 Å². The Hall–Kier alpha value is -8.62. The molecule has 290 valence electrons. The van der Waals surface area contributed by atoms with Crippen LogP contribution in [0.2, 0.25) is 0 Å². The van der Waals surface area contributed by atoms with Crippen molar-refractivity contribution in [1.29, 1.82) is 0 Å². The van der Waals surface area contributed by atoms with Gasteiger partial charge in [0.25, 0.3) is 0 Å². The number of rotatable bonds is 7. The molecule has 12 aromatic rings. The van der Waals surface area contributed by atoms with E-state index in [1.54, 1.807) is 0 Å². The molecule has 0 aliphatic rings. The topological polar surface area (TPSA) is 95.4 Å². The summed E-state index contributed by atoms with van der Waals surface area (Å²) in [5.41, 5.74) is 9.53. The number of benzene rings is 8.